The molecule has 3 amide bonds. The van der Waals surface area contributed by atoms with Gasteiger partial charge in [-0.3, -0.25) is 19.3 Å². The maximum Gasteiger partial charge on any atom is 0.323 e. The van der Waals surface area contributed by atoms with E-state index in [0.29, 0.717) is 16.9 Å². The molecule has 3 aliphatic carbocycles. The van der Waals surface area contributed by atoms with Crippen molar-refractivity contribution in [2.75, 3.05) is 43.7 Å². The number of aromatic hydroxyl groups is 1. The van der Waals surface area contributed by atoms with Crippen LogP contribution in [0.1, 0.15) is 37.8 Å². The Labute approximate surface area is 293 Å². The van der Waals surface area contributed by atoms with Crippen LogP contribution in [-0.4, -0.2) is 99.9 Å². The van der Waals surface area contributed by atoms with Gasteiger partial charge in [0.25, 0.3) is 5.91 Å². The lowest BCUT2D eigenvalue weighted by atomic mass is 9.42. The summed E-state index contributed by atoms with van der Waals surface area (Å²) in [6, 6.07) is 12.0. The molecular formula is C37H41N5O9. The van der Waals surface area contributed by atoms with Crippen molar-refractivity contribution >= 4 is 57.1 Å². The smallest absolute Gasteiger partial charge is 0.323 e. The van der Waals surface area contributed by atoms with Crippen LogP contribution in [0.4, 0.5) is 21.9 Å². The Kier molecular flexibility index (Phi) is 8.01. The molecule has 0 aromatic heterocycles. The number of anilines is 3. The van der Waals surface area contributed by atoms with Gasteiger partial charge in [0.2, 0.25) is 5.78 Å². The molecule has 268 valence electrons. The molecule has 51 heavy (non-hydrogen) atoms. The number of likely N-dealkylation sites (N-methyl/N-ethyl adjacent to an activating group) is 1. The number of amides is 3. The number of carbonyl (C=O) groups excluding carboxylic acids is 4. The van der Waals surface area contributed by atoms with Crippen molar-refractivity contribution in [1.82, 2.24) is 4.90 Å². The number of Topliss-reactive ketones (excluding diaryl/α,β-unsaturated/α-hetero) is 2. The van der Waals surface area contributed by atoms with Crippen LogP contribution in [0, 0.1) is 10.8 Å². The fourth-order valence-electron chi connectivity index (χ4n) is 8.72. The normalized spacial score (nSPS) is 28.7. The minimum absolute atomic E-state index is 0.139. The number of rotatable bonds is 5. The molecule has 3 aliphatic rings. The van der Waals surface area contributed by atoms with Gasteiger partial charge in [0.05, 0.1) is 40.1 Å². The molecule has 14 heteroatoms. The van der Waals surface area contributed by atoms with E-state index in [1.54, 1.807) is 38.1 Å². The maximum atomic E-state index is 14.8. The number of nitrogens with zero attached hydrogens (tertiary/aromatic N) is 2. The molecule has 6 atom stereocenters. The zero-order valence-electron chi connectivity index (χ0n) is 29.2. The number of aliphatic hydroxyl groups excluding tert-OH is 3. The molecule has 14 nitrogen and oxygen atoms in total. The number of phenolic OH excluding ortho intramolecular Hbond substituents is 1. The molecule has 0 radical (unpaired) electrons. The molecule has 0 saturated heterocycles. The second kappa shape index (κ2) is 11.5. The number of carbonyl (C=O) groups is 4. The number of hydrogen-bond acceptors (Lipinski definition) is 11. The molecule has 9 N–H and O–H groups in total. The molecule has 6 rings (SSSR count). The fourth-order valence-corrected chi connectivity index (χ4v) is 8.72. The van der Waals surface area contributed by atoms with Crippen molar-refractivity contribution in [1.29, 1.82) is 0 Å². The monoisotopic (exact) mass is 699 g/mol. The molecular weight excluding hydrogens is 658 g/mol. The average Bonchev–Trinajstić information content (AvgIpc) is 3.05. The third-order valence-electron chi connectivity index (χ3n) is 11.3. The number of fused-ring (bicyclic) bond motifs is 4. The van der Waals surface area contributed by atoms with Gasteiger partial charge in [0.1, 0.15) is 17.1 Å². The number of urea groups is 1. The van der Waals surface area contributed by atoms with Crippen LogP contribution in [-0.2, 0) is 14.4 Å². The first-order valence-corrected chi connectivity index (χ1v) is 16.2. The topological polar surface area (TPSA) is 226 Å². The second-order valence-electron chi connectivity index (χ2n) is 14.4. The number of phenols is 1. The summed E-state index contributed by atoms with van der Waals surface area (Å²) in [5, 5.41) is 67.0. The highest BCUT2D eigenvalue weighted by molar-refractivity contribution is 6.25. The summed E-state index contributed by atoms with van der Waals surface area (Å²) in [6.45, 7) is 4.41. The minimum atomic E-state index is -3.13. The van der Waals surface area contributed by atoms with Crippen molar-refractivity contribution in [3.63, 3.8) is 0 Å². The van der Waals surface area contributed by atoms with Crippen LogP contribution in [0.2, 0.25) is 0 Å². The SMILES string of the molecule is C[C@H]1c2c(N(C)C)cc(NC(=O)Nc3cccc4ccccc34)c(O)c2C(O)=C2C(=O)[C@]3(O)C(O)=C(C(N)=O)C(=O)[C@@H](N(C)C)[C@]3(C)[C@@H](O)[C@@]21C. The summed E-state index contributed by atoms with van der Waals surface area (Å²) in [7, 11) is 6.28. The second-order valence-corrected chi connectivity index (χ2v) is 14.4. The Balaban J connectivity index is 1.56. The maximum absolute atomic E-state index is 14.8. The van der Waals surface area contributed by atoms with Crippen LogP contribution in [0.15, 0.2) is 65.4 Å². The lowest BCUT2D eigenvalue weighted by Crippen LogP contribution is -2.78. The highest BCUT2D eigenvalue weighted by Crippen LogP contribution is 2.67. The van der Waals surface area contributed by atoms with E-state index in [-0.39, 0.29) is 11.3 Å². The van der Waals surface area contributed by atoms with Crippen molar-refractivity contribution in [2.24, 2.45) is 16.6 Å². The van der Waals surface area contributed by atoms with Crippen molar-refractivity contribution in [3.8, 4) is 5.75 Å². The third-order valence-corrected chi connectivity index (χ3v) is 11.3. The number of hydrogen-bond donors (Lipinski definition) is 8. The van der Waals surface area contributed by atoms with Gasteiger partial charge >= 0.3 is 6.03 Å². The molecule has 0 aliphatic heterocycles. The Morgan fingerprint density at radius 2 is 1.53 bits per heavy atom. The van der Waals surface area contributed by atoms with E-state index in [0.717, 1.165) is 10.8 Å². The summed E-state index contributed by atoms with van der Waals surface area (Å²) in [5.74, 6) is -7.42. The Bertz CT molecular complexity index is 2140. The predicted octanol–water partition coefficient (Wildman–Crippen LogP) is 3.14. The van der Waals surface area contributed by atoms with E-state index in [9.17, 15) is 44.7 Å². The fraction of sp³-hybridized carbons (Fsp3) is 0.351. The first kappa shape index (κ1) is 35.4. The average molecular weight is 700 g/mol. The predicted molar refractivity (Wildman–Crippen MR) is 190 cm³/mol. The Morgan fingerprint density at radius 3 is 2.14 bits per heavy atom. The molecule has 3 aromatic carbocycles. The number of primary amides is 1. The van der Waals surface area contributed by atoms with Crippen molar-refractivity contribution in [3.05, 3.63) is 76.6 Å². The van der Waals surface area contributed by atoms with Gasteiger partial charge in [-0.25, -0.2) is 4.79 Å². The number of benzene rings is 3. The van der Waals surface area contributed by atoms with Gasteiger partial charge in [0, 0.05) is 30.6 Å². The zero-order valence-corrected chi connectivity index (χ0v) is 29.2. The van der Waals surface area contributed by atoms with Gasteiger partial charge < -0.3 is 46.8 Å². The quantitative estimate of drug-likeness (QED) is 0.143. The summed E-state index contributed by atoms with van der Waals surface area (Å²) in [6.07, 6.45) is -1.85. The van der Waals surface area contributed by atoms with Gasteiger partial charge in [-0.15, -0.1) is 0 Å². The number of ketones is 2. The van der Waals surface area contributed by atoms with Crippen LogP contribution in [0.3, 0.4) is 0 Å². The van der Waals surface area contributed by atoms with E-state index in [2.05, 4.69) is 10.6 Å². The summed E-state index contributed by atoms with van der Waals surface area (Å²) >= 11 is 0. The van der Waals surface area contributed by atoms with Crippen LogP contribution >= 0.6 is 0 Å². The molecule has 0 spiro atoms. The van der Waals surface area contributed by atoms with Crippen molar-refractivity contribution in [2.45, 2.75) is 44.4 Å². The Hall–Kier alpha value is -5.44. The van der Waals surface area contributed by atoms with Crippen LogP contribution in [0.5, 0.6) is 5.75 Å². The van der Waals surface area contributed by atoms with Gasteiger partial charge in [-0.1, -0.05) is 57.2 Å². The van der Waals surface area contributed by atoms with Crippen LogP contribution in [0.25, 0.3) is 16.5 Å². The van der Waals surface area contributed by atoms with Crippen LogP contribution < -0.4 is 21.3 Å². The summed E-state index contributed by atoms with van der Waals surface area (Å²) in [5.41, 5.74) is -2.40. The van der Waals surface area contributed by atoms with E-state index in [1.807, 2.05) is 30.3 Å². The number of nitrogens with one attached hydrogen (secondary N) is 2. The van der Waals surface area contributed by atoms with E-state index < -0.39 is 86.4 Å². The first-order valence-electron chi connectivity index (χ1n) is 16.2. The van der Waals surface area contributed by atoms with Gasteiger partial charge in [-0.2, -0.15) is 0 Å². The minimum Gasteiger partial charge on any atom is -0.508 e. The molecule has 0 unspecified atom stereocenters. The highest BCUT2D eigenvalue weighted by Gasteiger charge is 2.77. The zero-order chi connectivity index (χ0) is 37.7. The highest BCUT2D eigenvalue weighted by atomic mass is 16.4. The molecule has 1 saturated carbocycles. The van der Waals surface area contributed by atoms with Gasteiger partial charge in [-0.05, 0) is 43.1 Å². The lowest BCUT2D eigenvalue weighted by molar-refractivity contribution is -0.211. The largest absolute Gasteiger partial charge is 0.508 e. The van der Waals surface area contributed by atoms with Crippen molar-refractivity contribution < 1.29 is 44.7 Å². The summed E-state index contributed by atoms with van der Waals surface area (Å²) < 4.78 is 0. The number of nitrogens with two attached hydrogens (primary N) is 1. The molecule has 0 heterocycles. The Morgan fingerprint density at radius 1 is 0.922 bits per heavy atom. The standard InChI is InChI=1S/C37H41N5O9/c1-16-22-21(41(4)5)15-20(40-34(50)39-19-14-10-12-17-11-8-9-13-18(17)19)26(43)23(22)27(44)25-31(47)37(51)30(46)24(32(38)48)28(45)29(42(6)7)36(37,3)33(49)35(16,25)2/h8-16,29,33,43-44,46,49,51H,1-7H3,(H2,38,48)(H2,39,40,50)/t16-,29+,33-,35+,36+,37+/m0/s1. The lowest BCUT2D eigenvalue weighted by Gasteiger charge is -2.63. The molecule has 1 fully saturated rings. The van der Waals surface area contributed by atoms with E-state index in [4.69, 9.17) is 5.73 Å². The van der Waals surface area contributed by atoms with E-state index in [1.165, 1.54) is 38.9 Å². The first-order chi connectivity index (χ1) is 23.8. The van der Waals surface area contributed by atoms with Gasteiger partial charge in [0.15, 0.2) is 17.1 Å². The van der Waals surface area contributed by atoms with E-state index >= 15 is 0 Å². The molecule has 3 aromatic rings. The molecule has 0 bridgehead atoms. The summed E-state index contributed by atoms with van der Waals surface area (Å²) in [4.78, 5) is 57.3. The number of aliphatic hydroxyl groups is 4. The third kappa shape index (κ3) is 4.46.